The highest BCUT2D eigenvalue weighted by Gasteiger charge is 2.54. The van der Waals surface area contributed by atoms with Crippen LogP contribution in [0.25, 0.3) is 11.0 Å². The van der Waals surface area contributed by atoms with Gasteiger partial charge >= 0.3 is 0 Å². The maximum Gasteiger partial charge on any atom is 0.226 e. The van der Waals surface area contributed by atoms with E-state index in [2.05, 4.69) is 15.6 Å². The fourth-order valence-electron chi connectivity index (χ4n) is 6.80. The molecule has 4 aliphatic carbocycles. The van der Waals surface area contributed by atoms with Crippen LogP contribution in [-0.2, 0) is 16.6 Å². The molecule has 30 heavy (non-hydrogen) atoms. The summed E-state index contributed by atoms with van der Waals surface area (Å²) in [6.45, 7) is 2.36. The normalized spacial score (nSPS) is 30.4. The Kier molecular flexibility index (Phi) is 4.83. The molecule has 1 aromatic heterocycles. The molecule has 4 bridgehead atoms. The number of benzene rings is 1. The number of imidazole rings is 1. The van der Waals surface area contributed by atoms with Gasteiger partial charge in [-0.1, -0.05) is 12.1 Å². The van der Waals surface area contributed by atoms with E-state index in [1.54, 1.807) is 0 Å². The van der Waals surface area contributed by atoms with Crippen LogP contribution in [-0.4, -0.2) is 27.9 Å². The lowest BCUT2D eigenvalue weighted by Gasteiger charge is -2.55. The van der Waals surface area contributed by atoms with Crippen molar-refractivity contribution in [2.45, 2.75) is 57.9 Å². The largest absolute Gasteiger partial charge is 0.355 e. The minimum Gasteiger partial charge on any atom is -0.355 e. The van der Waals surface area contributed by atoms with Crippen molar-refractivity contribution >= 4 is 22.8 Å². The van der Waals surface area contributed by atoms with Gasteiger partial charge in [0.1, 0.15) is 5.82 Å². The average Bonchev–Trinajstić information content (AvgIpc) is 3.04. The predicted octanol–water partition coefficient (Wildman–Crippen LogP) is 3.47. The number of fused-ring (bicyclic) bond motifs is 1. The fourth-order valence-corrected chi connectivity index (χ4v) is 6.80. The molecule has 0 spiro atoms. The molecule has 0 saturated heterocycles. The molecule has 160 valence electrons. The Labute approximate surface area is 177 Å². The van der Waals surface area contributed by atoms with E-state index in [-0.39, 0.29) is 23.3 Å². The van der Waals surface area contributed by atoms with E-state index in [0.29, 0.717) is 13.0 Å². The van der Waals surface area contributed by atoms with Gasteiger partial charge in [0.25, 0.3) is 0 Å². The molecule has 6 nitrogen and oxygen atoms in total. The Balaban J connectivity index is 1.14. The minimum atomic E-state index is -0.186. The van der Waals surface area contributed by atoms with Crippen molar-refractivity contribution in [1.29, 1.82) is 0 Å². The van der Waals surface area contributed by atoms with Gasteiger partial charge in [-0.2, -0.15) is 0 Å². The summed E-state index contributed by atoms with van der Waals surface area (Å²) in [5.74, 6) is 3.22. The monoisotopic (exact) mass is 408 g/mol. The van der Waals surface area contributed by atoms with Gasteiger partial charge in [0.05, 0.1) is 17.1 Å². The molecule has 1 atom stereocenters. The van der Waals surface area contributed by atoms with Crippen LogP contribution in [0.15, 0.2) is 24.3 Å². The summed E-state index contributed by atoms with van der Waals surface area (Å²) in [5, 5.41) is 6.13. The Morgan fingerprint density at radius 2 is 1.77 bits per heavy atom. The van der Waals surface area contributed by atoms with Gasteiger partial charge in [0, 0.05) is 25.4 Å². The van der Waals surface area contributed by atoms with Crippen molar-refractivity contribution in [3.05, 3.63) is 30.1 Å². The van der Waals surface area contributed by atoms with Crippen LogP contribution in [0.5, 0.6) is 0 Å². The van der Waals surface area contributed by atoms with E-state index in [1.807, 2.05) is 42.8 Å². The van der Waals surface area contributed by atoms with E-state index in [4.69, 9.17) is 0 Å². The average molecular weight is 409 g/mol. The summed E-state index contributed by atoms with van der Waals surface area (Å²) in [6.07, 6.45) is 7.45. The molecule has 4 fully saturated rings. The van der Waals surface area contributed by atoms with Crippen molar-refractivity contribution in [2.75, 3.05) is 6.54 Å². The van der Waals surface area contributed by atoms with Crippen LogP contribution < -0.4 is 10.6 Å². The number of carbonyl (C=O) groups is 2. The van der Waals surface area contributed by atoms with Crippen molar-refractivity contribution in [3.63, 3.8) is 0 Å². The second-order valence-electron chi connectivity index (χ2n) is 10.0. The Bertz CT molecular complexity index is 943. The zero-order valence-electron chi connectivity index (χ0n) is 18.0. The van der Waals surface area contributed by atoms with Gasteiger partial charge < -0.3 is 15.2 Å². The Morgan fingerprint density at radius 3 is 2.40 bits per heavy atom. The van der Waals surface area contributed by atoms with E-state index >= 15 is 0 Å². The molecule has 0 aliphatic heterocycles. The maximum atomic E-state index is 13.0. The maximum absolute atomic E-state index is 13.0. The first-order valence-electron chi connectivity index (χ1n) is 11.4. The second kappa shape index (κ2) is 7.40. The van der Waals surface area contributed by atoms with E-state index < -0.39 is 0 Å². The summed E-state index contributed by atoms with van der Waals surface area (Å²) < 4.78 is 2.02. The summed E-state index contributed by atoms with van der Waals surface area (Å²) in [4.78, 5) is 30.2. The van der Waals surface area contributed by atoms with Crippen LogP contribution in [0.2, 0.25) is 0 Å². The number of aryl methyl sites for hydroxylation is 1. The third-order valence-corrected chi connectivity index (χ3v) is 7.74. The molecule has 6 heteroatoms. The SMILES string of the molecule is CC(NC(=O)CCNC(=O)C12CC3CC(CC(C3)C1)C2)c1nc2ccccc2n1C. The number of amides is 2. The molecule has 1 heterocycles. The third kappa shape index (κ3) is 3.40. The van der Waals surface area contributed by atoms with Crippen molar-refractivity contribution in [2.24, 2.45) is 30.2 Å². The molecule has 2 amide bonds. The summed E-state index contributed by atoms with van der Waals surface area (Å²) in [5.41, 5.74) is 1.83. The first-order valence-corrected chi connectivity index (χ1v) is 11.4. The van der Waals surface area contributed by atoms with Crippen molar-refractivity contribution < 1.29 is 9.59 Å². The number of nitrogens with zero attached hydrogens (tertiary/aromatic N) is 2. The van der Waals surface area contributed by atoms with Gasteiger partial charge in [-0.05, 0) is 75.3 Å². The lowest BCUT2D eigenvalue weighted by Crippen LogP contribution is -2.53. The number of nitrogens with one attached hydrogen (secondary N) is 2. The number of rotatable bonds is 6. The number of carbonyl (C=O) groups excluding carboxylic acids is 2. The smallest absolute Gasteiger partial charge is 0.226 e. The molecule has 1 unspecified atom stereocenters. The molecular formula is C24H32N4O2. The number of aromatic nitrogens is 2. The van der Waals surface area contributed by atoms with Crippen LogP contribution in [0, 0.1) is 23.2 Å². The third-order valence-electron chi connectivity index (χ3n) is 7.74. The van der Waals surface area contributed by atoms with Gasteiger partial charge in [-0.3, -0.25) is 9.59 Å². The van der Waals surface area contributed by atoms with Crippen LogP contribution >= 0.6 is 0 Å². The highest BCUT2D eigenvalue weighted by atomic mass is 16.2. The first kappa shape index (κ1) is 19.6. The highest BCUT2D eigenvalue weighted by Crippen LogP contribution is 2.60. The molecule has 6 rings (SSSR count). The number of hydrogen-bond donors (Lipinski definition) is 2. The van der Waals surface area contributed by atoms with Gasteiger partial charge in [0.15, 0.2) is 0 Å². The highest BCUT2D eigenvalue weighted by molar-refractivity contribution is 5.84. The standard InChI is InChI=1S/C24H32N4O2/c1-15(22-27-19-5-3-4-6-20(19)28(22)2)26-21(29)7-8-25-23(30)24-12-16-9-17(13-24)11-18(10-16)14-24/h3-6,15-18H,7-14H2,1-2H3,(H,25,30)(H,26,29). The molecule has 0 radical (unpaired) electrons. The molecule has 1 aromatic carbocycles. The molecule has 2 aromatic rings. The number of para-hydroxylation sites is 2. The lowest BCUT2D eigenvalue weighted by molar-refractivity contribution is -0.146. The zero-order chi connectivity index (χ0) is 20.9. The second-order valence-corrected chi connectivity index (χ2v) is 10.0. The van der Waals surface area contributed by atoms with Gasteiger partial charge in [-0.15, -0.1) is 0 Å². The Hall–Kier alpha value is -2.37. The van der Waals surface area contributed by atoms with E-state index in [0.717, 1.165) is 53.9 Å². The lowest BCUT2D eigenvalue weighted by atomic mass is 9.49. The summed E-state index contributed by atoms with van der Waals surface area (Å²) >= 11 is 0. The van der Waals surface area contributed by atoms with E-state index in [1.165, 1.54) is 19.3 Å². The quantitative estimate of drug-likeness (QED) is 0.768. The zero-order valence-corrected chi connectivity index (χ0v) is 18.0. The summed E-state index contributed by atoms with van der Waals surface area (Å²) in [7, 11) is 1.97. The molecule has 4 aliphatic rings. The van der Waals surface area contributed by atoms with Crippen LogP contribution in [0.1, 0.15) is 63.7 Å². The Morgan fingerprint density at radius 1 is 1.13 bits per heavy atom. The van der Waals surface area contributed by atoms with Crippen molar-refractivity contribution in [3.8, 4) is 0 Å². The fraction of sp³-hybridized carbons (Fsp3) is 0.625. The van der Waals surface area contributed by atoms with E-state index in [9.17, 15) is 9.59 Å². The van der Waals surface area contributed by atoms with Gasteiger partial charge in [0.2, 0.25) is 11.8 Å². The molecular weight excluding hydrogens is 376 g/mol. The van der Waals surface area contributed by atoms with Gasteiger partial charge in [-0.25, -0.2) is 4.98 Å². The molecule has 2 N–H and O–H groups in total. The van der Waals surface area contributed by atoms with Crippen LogP contribution in [0.3, 0.4) is 0 Å². The topological polar surface area (TPSA) is 76.0 Å². The van der Waals surface area contributed by atoms with Crippen LogP contribution in [0.4, 0.5) is 0 Å². The number of hydrogen-bond acceptors (Lipinski definition) is 3. The molecule has 4 saturated carbocycles. The summed E-state index contributed by atoms with van der Waals surface area (Å²) in [6, 6.07) is 7.78. The predicted molar refractivity (Wildman–Crippen MR) is 116 cm³/mol. The first-order chi connectivity index (χ1) is 14.4. The van der Waals surface area contributed by atoms with Crippen molar-refractivity contribution in [1.82, 2.24) is 20.2 Å². The minimum absolute atomic E-state index is 0.0552.